The topological polar surface area (TPSA) is 101 Å². The summed E-state index contributed by atoms with van der Waals surface area (Å²) in [7, 11) is 0. The molecule has 2 atom stereocenters. The Morgan fingerprint density at radius 2 is 1.84 bits per heavy atom. The van der Waals surface area contributed by atoms with E-state index in [4.69, 9.17) is 5.73 Å². The first kappa shape index (κ1) is 23.6. The number of carbonyl (C=O) groups excluding carboxylic acids is 1. The second-order valence-electron chi connectivity index (χ2n) is 7.55. The van der Waals surface area contributed by atoms with Crippen LogP contribution < -0.4 is 5.73 Å². The van der Waals surface area contributed by atoms with Gasteiger partial charge in [0.1, 0.15) is 5.82 Å². The Kier molecular flexibility index (Phi) is 6.22. The van der Waals surface area contributed by atoms with E-state index in [0.717, 1.165) is 9.47 Å². The summed E-state index contributed by atoms with van der Waals surface area (Å²) in [5.74, 6) is -7.34. The molecule has 0 fully saturated rings. The number of benzene rings is 1. The molecule has 13 heteroatoms. The number of fused-ring (bicyclic) bond motifs is 1. The van der Waals surface area contributed by atoms with Crippen LogP contribution in [0.5, 0.6) is 0 Å². The van der Waals surface area contributed by atoms with Gasteiger partial charge in [-0.15, -0.1) is 0 Å². The molecule has 0 radical (unpaired) electrons. The molecule has 32 heavy (non-hydrogen) atoms. The van der Waals surface area contributed by atoms with E-state index in [1.54, 1.807) is 0 Å². The van der Waals surface area contributed by atoms with Crippen LogP contribution >= 0.6 is 0 Å². The van der Waals surface area contributed by atoms with E-state index in [2.05, 4.69) is 4.98 Å². The standard InChI is InChI=1S/C19H18F6N4O3/c1-8-6-28(7-14-16(17(31)32)27-18(29(8)14)19(23,24)25)15(30)4-10(26)2-9-3-12(21)13(22)5-11(9)20/h3,5,8,10H,2,4,6-7,26H2,1H3,(H,31,32). The monoisotopic (exact) mass is 464 g/mol. The second-order valence-corrected chi connectivity index (χ2v) is 7.55. The minimum absolute atomic E-state index is 0.170. The van der Waals surface area contributed by atoms with Gasteiger partial charge in [0, 0.05) is 25.1 Å². The summed E-state index contributed by atoms with van der Waals surface area (Å²) in [6.45, 7) is 0.763. The average molecular weight is 464 g/mol. The molecule has 2 aromatic rings. The van der Waals surface area contributed by atoms with Crippen LogP contribution in [0.4, 0.5) is 26.3 Å². The van der Waals surface area contributed by atoms with Crippen molar-refractivity contribution in [2.24, 2.45) is 5.73 Å². The lowest BCUT2D eigenvalue weighted by Gasteiger charge is -2.34. The Morgan fingerprint density at radius 3 is 2.44 bits per heavy atom. The molecular weight excluding hydrogens is 446 g/mol. The number of aromatic nitrogens is 2. The second kappa shape index (κ2) is 8.45. The smallest absolute Gasteiger partial charge is 0.449 e. The zero-order valence-electron chi connectivity index (χ0n) is 16.6. The van der Waals surface area contributed by atoms with Crippen LogP contribution in [-0.4, -0.2) is 44.0 Å². The van der Waals surface area contributed by atoms with Gasteiger partial charge in [0.25, 0.3) is 0 Å². The molecule has 0 spiro atoms. The molecule has 2 unspecified atom stereocenters. The van der Waals surface area contributed by atoms with Gasteiger partial charge >= 0.3 is 12.1 Å². The van der Waals surface area contributed by atoms with Crippen LogP contribution in [0.2, 0.25) is 0 Å². The van der Waals surface area contributed by atoms with E-state index >= 15 is 0 Å². The van der Waals surface area contributed by atoms with Crippen LogP contribution in [-0.2, 0) is 23.9 Å². The van der Waals surface area contributed by atoms with E-state index < -0.39 is 65.7 Å². The predicted octanol–water partition coefficient (Wildman–Crippen LogP) is 2.88. The maximum absolute atomic E-state index is 13.8. The van der Waals surface area contributed by atoms with Gasteiger partial charge in [-0.3, -0.25) is 4.79 Å². The first-order valence-electron chi connectivity index (χ1n) is 9.38. The number of carboxylic acid groups (broad SMARTS) is 1. The van der Waals surface area contributed by atoms with Crippen molar-refractivity contribution in [1.82, 2.24) is 14.5 Å². The minimum atomic E-state index is -4.89. The molecule has 174 valence electrons. The number of rotatable bonds is 5. The third-order valence-electron chi connectivity index (χ3n) is 5.09. The van der Waals surface area contributed by atoms with Gasteiger partial charge in [-0.25, -0.2) is 22.9 Å². The van der Waals surface area contributed by atoms with E-state index in [0.29, 0.717) is 12.1 Å². The Labute approximate surface area is 177 Å². The fraction of sp³-hybridized carbons (Fsp3) is 0.421. The molecule has 1 aliphatic rings. The lowest BCUT2D eigenvalue weighted by atomic mass is 10.0. The van der Waals surface area contributed by atoms with Crippen molar-refractivity contribution in [3.63, 3.8) is 0 Å². The number of carboxylic acids is 1. The number of amides is 1. The normalized spacial score (nSPS) is 17.2. The van der Waals surface area contributed by atoms with Crippen LogP contribution in [0, 0.1) is 17.5 Å². The number of alkyl halides is 3. The molecule has 7 nitrogen and oxygen atoms in total. The molecule has 0 bridgehead atoms. The van der Waals surface area contributed by atoms with Gasteiger partial charge in [0.05, 0.1) is 18.3 Å². The lowest BCUT2D eigenvalue weighted by molar-refractivity contribution is -0.149. The van der Waals surface area contributed by atoms with Gasteiger partial charge in [-0.1, -0.05) is 0 Å². The molecule has 1 amide bonds. The molecule has 1 aromatic heterocycles. The number of halogens is 6. The van der Waals surface area contributed by atoms with E-state index in [1.807, 2.05) is 0 Å². The Hall–Kier alpha value is -3.09. The van der Waals surface area contributed by atoms with Gasteiger partial charge in [-0.2, -0.15) is 13.2 Å². The largest absolute Gasteiger partial charge is 0.476 e. The van der Waals surface area contributed by atoms with Crippen LogP contribution in [0.1, 0.15) is 47.0 Å². The maximum Gasteiger partial charge on any atom is 0.449 e. The summed E-state index contributed by atoms with van der Waals surface area (Å²) in [6, 6.07) is -0.944. The van der Waals surface area contributed by atoms with Crippen molar-refractivity contribution < 1.29 is 41.0 Å². The zero-order valence-corrected chi connectivity index (χ0v) is 16.6. The number of hydrogen-bond acceptors (Lipinski definition) is 4. The molecule has 0 saturated heterocycles. The number of carbonyl (C=O) groups is 2. The summed E-state index contributed by atoms with van der Waals surface area (Å²) >= 11 is 0. The predicted molar refractivity (Wildman–Crippen MR) is 96.9 cm³/mol. The quantitative estimate of drug-likeness (QED) is 0.524. The number of nitrogens with two attached hydrogens (primary N) is 1. The maximum atomic E-state index is 13.8. The van der Waals surface area contributed by atoms with E-state index in [-0.39, 0.29) is 30.6 Å². The van der Waals surface area contributed by atoms with Gasteiger partial charge in [-0.05, 0) is 25.0 Å². The van der Waals surface area contributed by atoms with Crippen LogP contribution in [0.25, 0.3) is 0 Å². The van der Waals surface area contributed by atoms with Crippen molar-refractivity contribution >= 4 is 11.9 Å². The van der Waals surface area contributed by atoms with E-state index in [1.165, 1.54) is 6.92 Å². The summed E-state index contributed by atoms with van der Waals surface area (Å²) in [6.07, 6.45) is -5.57. The van der Waals surface area contributed by atoms with Crippen LogP contribution in [0.15, 0.2) is 12.1 Å². The van der Waals surface area contributed by atoms with Crippen molar-refractivity contribution in [3.8, 4) is 0 Å². The Bertz CT molecular complexity index is 1070. The first-order valence-corrected chi connectivity index (χ1v) is 9.38. The third kappa shape index (κ3) is 4.56. The molecule has 3 rings (SSSR count). The van der Waals surface area contributed by atoms with Crippen molar-refractivity contribution in [2.75, 3.05) is 6.54 Å². The highest BCUT2D eigenvalue weighted by Crippen LogP contribution is 2.35. The lowest BCUT2D eigenvalue weighted by Crippen LogP contribution is -2.43. The summed E-state index contributed by atoms with van der Waals surface area (Å²) in [5, 5.41) is 9.25. The number of imidazole rings is 1. The average Bonchev–Trinajstić information content (AvgIpc) is 3.07. The molecule has 3 N–H and O–H groups in total. The van der Waals surface area contributed by atoms with Crippen molar-refractivity contribution in [1.29, 1.82) is 0 Å². The Balaban J connectivity index is 1.78. The first-order chi connectivity index (χ1) is 14.8. The molecule has 1 aliphatic heterocycles. The summed E-state index contributed by atoms with van der Waals surface area (Å²) < 4.78 is 80.8. The third-order valence-corrected chi connectivity index (χ3v) is 5.09. The number of nitrogens with zero attached hydrogens (tertiary/aromatic N) is 3. The van der Waals surface area contributed by atoms with E-state index in [9.17, 15) is 41.0 Å². The number of hydrogen-bond donors (Lipinski definition) is 2. The fourth-order valence-electron chi connectivity index (χ4n) is 3.73. The minimum Gasteiger partial charge on any atom is -0.476 e. The highest BCUT2D eigenvalue weighted by molar-refractivity contribution is 5.87. The Morgan fingerprint density at radius 1 is 1.22 bits per heavy atom. The van der Waals surface area contributed by atoms with Gasteiger partial charge in [0.2, 0.25) is 11.7 Å². The molecule has 0 saturated carbocycles. The molecular formula is C19H18F6N4O3. The fourth-order valence-corrected chi connectivity index (χ4v) is 3.73. The summed E-state index contributed by atoms with van der Waals surface area (Å²) in [4.78, 5) is 28.4. The van der Waals surface area contributed by atoms with Gasteiger partial charge in [0.15, 0.2) is 17.3 Å². The zero-order chi connectivity index (χ0) is 24.0. The highest BCUT2D eigenvalue weighted by Gasteiger charge is 2.43. The highest BCUT2D eigenvalue weighted by atomic mass is 19.4. The summed E-state index contributed by atoms with van der Waals surface area (Å²) in [5.41, 5.74) is 4.52. The molecule has 1 aromatic carbocycles. The van der Waals surface area contributed by atoms with Crippen LogP contribution in [0.3, 0.4) is 0 Å². The van der Waals surface area contributed by atoms with Gasteiger partial charge < -0.3 is 20.3 Å². The molecule has 2 heterocycles. The van der Waals surface area contributed by atoms with Crippen molar-refractivity contribution in [3.05, 3.63) is 52.4 Å². The SMILES string of the molecule is CC1CN(C(=O)CC(N)Cc2cc(F)c(F)cc2F)Cc2c(C(=O)O)nc(C(F)(F)F)n21. The molecule has 0 aliphatic carbocycles. The number of aromatic carboxylic acids is 1. The van der Waals surface area contributed by atoms with Crippen molar-refractivity contribution in [2.45, 2.75) is 44.6 Å².